The Hall–Kier alpha value is -1.48. The second-order valence-corrected chi connectivity index (χ2v) is 10.1. The third-order valence-corrected chi connectivity index (χ3v) is 7.11. The predicted octanol–water partition coefficient (Wildman–Crippen LogP) is 2.12. The van der Waals surface area contributed by atoms with Crippen LogP contribution in [0.25, 0.3) is 0 Å². The maximum absolute atomic E-state index is 12.5. The minimum absolute atomic E-state index is 0.0785. The lowest BCUT2D eigenvalue weighted by Crippen LogP contribution is -2.46. The summed E-state index contributed by atoms with van der Waals surface area (Å²) in [5.74, 6) is -0.0785. The number of piperidine rings is 1. The molecule has 28 heavy (non-hydrogen) atoms. The maximum atomic E-state index is 12.5. The molecule has 0 unspecified atom stereocenters. The molecule has 0 saturated carbocycles. The Morgan fingerprint density at radius 3 is 2.21 bits per heavy atom. The molecule has 0 aromatic heterocycles. The zero-order valence-corrected chi connectivity index (χ0v) is 18.4. The number of carbonyl (C=O) groups excluding carboxylic acids is 1. The van der Waals surface area contributed by atoms with Gasteiger partial charge >= 0.3 is 0 Å². The van der Waals surface area contributed by atoms with Gasteiger partial charge in [-0.2, -0.15) is 4.31 Å². The molecule has 1 saturated heterocycles. The SMILES string of the molecule is CC(C)NC1CCN(CC(=O)Nc2ccc(S(=O)(=O)N(C)C(C)C)cc2)CC1. The molecule has 158 valence electrons. The van der Waals surface area contributed by atoms with Crippen LogP contribution in [0.1, 0.15) is 40.5 Å². The van der Waals surface area contributed by atoms with E-state index in [-0.39, 0.29) is 16.8 Å². The maximum Gasteiger partial charge on any atom is 0.243 e. The van der Waals surface area contributed by atoms with Gasteiger partial charge in [0.15, 0.2) is 0 Å². The molecule has 1 aliphatic rings. The summed E-state index contributed by atoms with van der Waals surface area (Å²) < 4.78 is 26.3. The lowest BCUT2D eigenvalue weighted by atomic mass is 10.0. The van der Waals surface area contributed by atoms with Gasteiger partial charge in [0, 0.05) is 44.0 Å². The first kappa shape index (κ1) is 22.8. The fraction of sp³-hybridized carbons (Fsp3) is 0.650. The number of hydrogen-bond donors (Lipinski definition) is 2. The van der Waals surface area contributed by atoms with Crippen LogP contribution in [0.4, 0.5) is 5.69 Å². The van der Waals surface area contributed by atoms with Gasteiger partial charge < -0.3 is 10.6 Å². The van der Waals surface area contributed by atoms with Crippen molar-refractivity contribution in [1.82, 2.24) is 14.5 Å². The van der Waals surface area contributed by atoms with Crippen LogP contribution in [0.5, 0.6) is 0 Å². The van der Waals surface area contributed by atoms with E-state index in [1.165, 1.54) is 16.4 Å². The molecule has 1 aromatic carbocycles. The number of likely N-dealkylation sites (tertiary alicyclic amines) is 1. The molecule has 0 spiro atoms. The summed E-state index contributed by atoms with van der Waals surface area (Å²) in [6.07, 6.45) is 2.09. The van der Waals surface area contributed by atoms with Gasteiger partial charge in [-0.15, -0.1) is 0 Å². The second-order valence-electron chi connectivity index (χ2n) is 8.06. The standard InChI is InChI=1S/C20H34N4O3S/c1-15(2)21-18-10-12-24(13-11-18)14-20(25)22-17-6-8-19(9-7-17)28(26,27)23(5)16(3)4/h6-9,15-16,18,21H,10-14H2,1-5H3,(H,22,25). The van der Waals surface area contributed by atoms with Crippen molar-refractivity contribution in [3.8, 4) is 0 Å². The minimum atomic E-state index is -3.51. The first-order valence-corrected chi connectivity index (χ1v) is 11.4. The molecule has 0 aliphatic carbocycles. The predicted molar refractivity (Wildman–Crippen MR) is 113 cm³/mol. The third kappa shape index (κ3) is 6.27. The van der Waals surface area contributed by atoms with Gasteiger partial charge in [-0.1, -0.05) is 13.8 Å². The first-order chi connectivity index (χ1) is 13.1. The number of carbonyl (C=O) groups is 1. The molecule has 1 aliphatic heterocycles. The number of benzene rings is 1. The van der Waals surface area contributed by atoms with Crippen LogP contribution >= 0.6 is 0 Å². The summed E-state index contributed by atoms with van der Waals surface area (Å²) in [6.45, 7) is 10.1. The van der Waals surface area contributed by atoms with Gasteiger partial charge in [-0.05, 0) is 51.0 Å². The van der Waals surface area contributed by atoms with Crippen LogP contribution in [0.15, 0.2) is 29.2 Å². The Bertz CT molecular complexity index is 739. The van der Waals surface area contributed by atoms with Gasteiger partial charge in [0.1, 0.15) is 0 Å². The normalized spacial score (nSPS) is 16.9. The zero-order chi connectivity index (χ0) is 20.9. The molecule has 1 fully saturated rings. The van der Waals surface area contributed by atoms with Crippen molar-refractivity contribution < 1.29 is 13.2 Å². The van der Waals surface area contributed by atoms with Crippen LogP contribution in [0, 0.1) is 0 Å². The van der Waals surface area contributed by atoms with E-state index in [0.29, 0.717) is 24.3 Å². The number of amides is 1. The van der Waals surface area contributed by atoms with Crippen molar-refractivity contribution in [3.05, 3.63) is 24.3 Å². The van der Waals surface area contributed by atoms with Crippen LogP contribution in [-0.2, 0) is 14.8 Å². The van der Waals surface area contributed by atoms with Crippen molar-refractivity contribution in [2.24, 2.45) is 0 Å². The van der Waals surface area contributed by atoms with Crippen molar-refractivity contribution in [3.63, 3.8) is 0 Å². The number of nitrogens with one attached hydrogen (secondary N) is 2. The van der Waals surface area contributed by atoms with Gasteiger partial charge in [0.25, 0.3) is 0 Å². The number of sulfonamides is 1. The number of hydrogen-bond acceptors (Lipinski definition) is 5. The van der Waals surface area contributed by atoms with E-state index in [2.05, 4.69) is 29.4 Å². The molecule has 1 heterocycles. The van der Waals surface area contributed by atoms with E-state index in [1.54, 1.807) is 19.2 Å². The topological polar surface area (TPSA) is 81.8 Å². The summed E-state index contributed by atoms with van der Waals surface area (Å²) in [5, 5.41) is 6.41. The average molecular weight is 411 g/mol. The molecule has 0 atom stereocenters. The van der Waals surface area contributed by atoms with Crippen LogP contribution in [0.2, 0.25) is 0 Å². The van der Waals surface area contributed by atoms with E-state index in [1.807, 2.05) is 13.8 Å². The lowest BCUT2D eigenvalue weighted by Gasteiger charge is -2.32. The largest absolute Gasteiger partial charge is 0.325 e. The number of rotatable bonds is 8. The second kappa shape index (κ2) is 9.82. The molecule has 7 nitrogen and oxygen atoms in total. The average Bonchev–Trinajstić information content (AvgIpc) is 2.62. The van der Waals surface area contributed by atoms with E-state index in [0.717, 1.165) is 25.9 Å². The summed E-state index contributed by atoms with van der Waals surface area (Å²) in [7, 11) is -1.95. The number of nitrogens with zero attached hydrogens (tertiary/aromatic N) is 2. The molecule has 1 aromatic rings. The fourth-order valence-corrected chi connectivity index (χ4v) is 4.65. The van der Waals surface area contributed by atoms with Gasteiger partial charge in [0.05, 0.1) is 11.4 Å². The highest BCUT2D eigenvalue weighted by atomic mass is 32.2. The Kier molecular flexibility index (Phi) is 8.00. The molecule has 0 bridgehead atoms. The zero-order valence-electron chi connectivity index (χ0n) is 17.6. The minimum Gasteiger partial charge on any atom is -0.325 e. The summed E-state index contributed by atoms with van der Waals surface area (Å²) in [6, 6.07) is 7.23. The molecule has 8 heteroatoms. The molecule has 1 amide bonds. The molecular formula is C20H34N4O3S. The summed E-state index contributed by atoms with van der Waals surface area (Å²) in [5.41, 5.74) is 0.604. The molecule has 0 radical (unpaired) electrons. The quantitative estimate of drug-likeness (QED) is 0.686. The smallest absolute Gasteiger partial charge is 0.243 e. The van der Waals surface area contributed by atoms with Crippen molar-refractivity contribution >= 4 is 21.6 Å². The lowest BCUT2D eigenvalue weighted by molar-refractivity contribution is -0.117. The third-order valence-electron chi connectivity index (χ3n) is 5.07. The van der Waals surface area contributed by atoms with Crippen LogP contribution in [-0.4, -0.2) is 68.3 Å². The highest BCUT2D eigenvalue weighted by molar-refractivity contribution is 7.89. The van der Waals surface area contributed by atoms with Gasteiger partial charge in [-0.25, -0.2) is 8.42 Å². The van der Waals surface area contributed by atoms with Crippen molar-refractivity contribution in [2.75, 3.05) is 32.0 Å². The molecule has 2 N–H and O–H groups in total. The Morgan fingerprint density at radius 2 is 1.71 bits per heavy atom. The van der Waals surface area contributed by atoms with Crippen molar-refractivity contribution in [1.29, 1.82) is 0 Å². The Morgan fingerprint density at radius 1 is 1.14 bits per heavy atom. The highest BCUT2D eigenvalue weighted by Gasteiger charge is 2.23. The van der Waals surface area contributed by atoms with Gasteiger partial charge in [0.2, 0.25) is 15.9 Å². The summed E-state index contributed by atoms with van der Waals surface area (Å²) >= 11 is 0. The molecule has 2 rings (SSSR count). The first-order valence-electron chi connectivity index (χ1n) is 9.96. The van der Waals surface area contributed by atoms with Crippen LogP contribution < -0.4 is 10.6 Å². The van der Waals surface area contributed by atoms with Gasteiger partial charge in [-0.3, -0.25) is 9.69 Å². The van der Waals surface area contributed by atoms with Crippen LogP contribution in [0.3, 0.4) is 0 Å². The van der Waals surface area contributed by atoms with E-state index >= 15 is 0 Å². The Labute approximate surface area is 169 Å². The monoisotopic (exact) mass is 410 g/mol. The highest BCUT2D eigenvalue weighted by Crippen LogP contribution is 2.19. The molecular weight excluding hydrogens is 376 g/mol. The fourth-order valence-electron chi connectivity index (χ4n) is 3.29. The van der Waals surface area contributed by atoms with E-state index in [4.69, 9.17) is 0 Å². The van der Waals surface area contributed by atoms with E-state index < -0.39 is 10.0 Å². The van der Waals surface area contributed by atoms with Crippen molar-refractivity contribution in [2.45, 2.75) is 63.6 Å². The number of anilines is 1. The summed E-state index contributed by atoms with van der Waals surface area (Å²) in [4.78, 5) is 14.7. The Balaban J connectivity index is 1.87. The van der Waals surface area contributed by atoms with E-state index in [9.17, 15) is 13.2 Å².